The standard InChI is InChI=1S/C15H20N2O3S/c1-2-11-3-5-13(6-4-11)16-15(18)12-9-17(10-12)21(19,20)14-7-8-14/h3-6,12,14H,2,7-10H2,1H3,(H,16,18). The fourth-order valence-electron chi connectivity index (χ4n) is 2.46. The van der Waals surface area contributed by atoms with Crippen molar-refractivity contribution in [3.63, 3.8) is 0 Å². The van der Waals surface area contributed by atoms with Crippen molar-refractivity contribution in [1.29, 1.82) is 0 Å². The molecule has 1 heterocycles. The summed E-state index contributed by atoms with van der Waals surface area (Å²) in [6, 6.07) is 7.74. The molecule has 0 aromatic heterocycles. The Kier molecular flexibility index (Phi) is 3.75. The molecule has 2 fully saturated rings. The fraction of sp³-hybridized carbons (Fsp3) is 0.533. The molecular weight excluding hydrogens is 288 g/mol. The van der Waals surface area contributed by atoms with Gasteiger partial charge in [0.1, 0.15) is 0 Å². The molecule has 114 valence electrons. The molecule has 21 heavy (non-hydrogen) atoms. The van der Waals surface area contributed by atoms with Crippen LogP contribution in [0, 0.1) is 5.92 Å². The van der Waals surface area contributed by atoms with E-state index in [1.807, 2.05) is 24.3 Å². The number of rotatable bonds is 5. The van der Waals surface area contributed by atoms with E-state index in [1.165, 1.54) is 9.87 Å². The fourth-order valence-corrected chi connectivity index (χ4v) is 4.39. The van der Waals surface area contributed by atoms with E-state index in [9.17, 15) is 13.2 Å². The Morgan fingerprint density at radius 2 is 1.86 bits per heavy atom. The highest BCUT2D eigenvalue weighted by Gasteiger charge is 2.46. The lowest BCUT2D eigenvalue weighted by Crippen LogP contribution is -2.55. The number of nitrogens with zero attached hydrogens (tertiary/aromatic N) is 1. The van der Waals surface area contributed by atoms with Gasteiger partial charge in [-0.3, -0.25) is 4.79 Å². The monoisotopic (exact) mass is 308 g/mol. The third kappa shape index (κ3) is 2.96. The van der Waals surface area contributed by atoms with Crippen LogP contribution < -0.4 is 5.32 Å². The van der Waals surface area contributed by atoms with E-state index in [-0.39, 0.29) is 17.1 Å². The third-order valence-corrected chi connectivity index (χ3v) is 6.49. The molecule has 1 amide bonds. The normalized spacial score (nSPS) is 20.0. The molecular formula is C15H20N2O3S. The molecule has 2 aliphatic rings. The SMILES string of the molecule is CCc1ccc(NC(=O)C2CN(S(=O)(=O)C3CC3)C2)cc1. The first-order valence-electron chi connectivity index (χ1n) is 7.39. The minimum absolute atomic E-state index is 0.0958. The molecule has 1 aliphatic heterocycles. The molecule has 3 rings (SSSR count). The Bertz CT molecular complexity index is 629. The van der Waals surface area contributed by atoms with Crippen LogP contribution in [0.25, 0.3) is 0 Å². The van der Waals surface area contributed by atoms with Crippen molar-refractivity contribution < 1.29 is 13.2 Å². The highest BCUT2D eigenvalue weighted by atomic mass is 32.2. The maximum Gasteiger partial charge on any atom is 0.230 e. The van der Waals surface area contributed by atoms with Crippen LogP contribution in [0.2, 0.25) is 0 Å². The van der Waals surface area contributed by atoms with Gasteiger partial charge >= 0.3 is 0 Å². The number of hydrogen-bond acceptors (Lipinski definition) is 3. The van der Waals surface area contributed by atoms with Gasteiger partial charge in [-0.2, -0.15) is 4.31 Å². The Balaban J connectivity index is 1.53. The predicted octanol–water partition coefficient (Wildman–Crippen LogP) is 1.61. The first-order valence-corrected chi connectivity index (χ1v) is 8.90. The number of benzene rings is 1. The average molecular weight is 308 g/mol. The van der Waals surface area contributed by atoms with Crippen molar-refractivity contribution in [2.45, 2.75) is 31.4 Å². The number of anilines is 1. The van der Waals surface area contributed by atoms with E-state index in [2.05, 4.69) is 12.2 Å². The summed E-state index contributed by atoms with van der Waals surface area (Å²) in [5.41, 5.74) is 1.99. The zero-order chi connectivity index (χ0) is 15.0. The van der Waals surface area contributed by atoms with Gasteiger partial charge in [0.25, 0.3) is 0 Å². The Hall–Kier alpha value is -1.40. The lowest BCUT2D eigenvalue weighted by Gasteiger charge is -2.37. The number of hydrogen-bond donors (Lipinski definition) is 1. The average Bonchev–Trinajstić information content (AvgIpc) is 3.22. The van der Waals surface area contributed by atoms with Gasteiger partial charge in [0.05, 0.1) is 11.2 Å². The molecule has 0 atom stereocenters. The Morgan fingerprint density at radius 1 is 1.24 bits per heavy atom. The maximum atomic E-state index is 12.1. The van der Waals surface area contributed by atoms with Crippen molar-refractivity contribution in [2.75, 3.05) is 18.4 Å². The van der Waals surface area contributed by atoms with E-state index in [1.54, 1.807) is 0 Å². The second-order valence-corrected chi connectivity index (χ2v) is 8.01. The van der Waals surface area contributed by atoms with Crippen LogP contribution in [-0.4, -0.2) is 37.0 Å². The molecule has 1 aromatic carbocycles. The van der Waals surface area contributed by atoms with Crippen LogP contribution in [0.15, 0.2) is 24.3 Å². The van der Waals surface area contributed by atoms with Crippen LogP contribution >= 0.6 is 0 Å². The molecule has 1 saturated carbocycles. The molecule has 1 aromatic rings. The van der Waals surface area contributed by atoms with Crippen molar-refractivity contribution in [3.05, 3.63) is 29.8 Å². The Labute approximate surface area is 125 Å². The lowest BCUT2D eigenvalue weighted by molar-refractivity contribution is -0.122. The van der Waals surface area contributed by atoms with E-state index in [4.69, 9.17) is 0 Å². The summed E-state index contributed by atoms with van der Waals surface area (Å²) < 4.78 is 25.4. The van der Waals surface area contributed by atoms with E-state index < -0.39 is 10.0 Å². The largest absolute Gasteiger partial charge is 0.326 e. The molecule has 0 bridgehead atoms. The van der Waals surface area contributed by atoms with E-state index in [0.29, 0.717) is 13.1 Å². The quantitative estimate of drug-likeness (QED) is 0.898. The molecule has 0 unspecified atom stereocenters. The minimum atomic E-state index is -3.12. The van der Waals surface area contributed by atoms with Gasteiger partial charge in [-0.05, 0) is 37.0 Å². The van der Waals surface area contributed by atoms with Crippen LogP contribution in [0.5, 0.6) is 0 Å². The summed E-state index contributed by atoms with van der Waals surface area (Å²) >= 11 is 0. The highest BCUT2D eigenvalue weighted by Crippen LogP contribution is 2.34. The zero-order valence-electron chi connectivity index (χ0n) is 12.1. The summed E-state index contributed by atoms with van der Waals surface area (Å²) in [4.78, 5) is 12.1. The summed E-state index contributed by atoms with van der Waals surface area (Å²) in [6.07, 6.45) is 2.49. The van der Waals surface area contributed by atoms with Gasteiger partial charge in [0.2, 0.25) is 15.9 Å². The van der Waals surface area contributed by atoms with Crippen molar-refractivity contribution in [2.24, 2.45) is 5.92 Å². The van der Waals surface area contributed by atoms with Gasteiger partial charge in [-0.25, -0.2) is 8.42 Å². The lowest BCUT2D eigenvalue weighted by atomic mass is 10.0. The molecule has 5 nitrogen and oxygen atoms in total. The molecule has 1 aliphatic carbocycles. The molecule has 6 heteroatoms. The smallest absolute Gasteiger partial charge is 0.230 e. The number of sulfonamides is 1. The number of carbonyl (C=O) groups excluding carboxylic acids is 1. The zero-order valence-corrected chi connectivity index (χ0v) is 12.9. The summed E-state index contributed by atoms with van der Waals surface area (Å²) in [6.45, 7) is 2.71. The van der Waals surface area contributed by atoms with Crippen LogP contribution in [0.1, 0.15) is 25.3 Å². The van der Waals surface area contributed by atoms with Crippen LogP contribution in [-0.2, 0) is 21.2 Å². The molecule has 0 spiro atoms. The molecule has 0 radical (unpaired) electrons. The van der Waals surface area contributed by atoms with Gasteiger partial charge < -0.3 is 5.32 Å². The van der Waals surface area contributed by atoms with Crippen molar-refractivity contribution in [1.82, 2.24) is 4.31 Å². The minimum Gasteiger partial charge on any atom is -0.326 e. The van der Waals surface area contributed by atoms with Crippen LogP contribution in [0.4, 0.5) is 5.69 Å². The summed E-state index contributed by atoms with van der Waals surface area (Å²) in [5, 5.41) is 2.66. The number of amides is 1. The summed E-state index contributed by atoms with van der Waals surface area (Å²) in [7, 11) is -3.12. The van der Waals surface area contributed by atoms with Gasteiger partial charge in [-0.1, -0.05) is 19.1 Å². The van der Waals surface area contributed by atoms with E-state index in [0.717, 1.165) is 24.9 Å². The maximum absolute atomic E-state index is 12.1. The Morgan fingerprint density at radius 3 is 2.38 bits per heavy atom. The first kappa shape index (κ1) is 14.5. The second kappa shape index (κ2) is 5.42. The highest BCUT2D eigenvalue weighted by molar-refractivity contribution is 7.90. The van der Waals surface area contributed by atoms with Gasteiger partial charge in [-0.15, -0.1) is 0 Å². The number of carbonyl (C=O) groups is 1. The van der Waals surface area contributed by atoms with Crippen molar-refractivity contribution >= 4 is 21.6 Å². The molecule has 1 saturated heterocycles. The first-order chi connectivity index (χ1) is 10.0. The second-order valence-electron chi connectivity index (χ2n) is 5.80. The van der Waals surface area contributed by atoms with Crippen molar-refractivity contribution in [3.8, 4) is 0 Å². The van der Waals surface area contributed by atoms with E-state index >= 15 is 0 Å². The van der Waals surface area contributed by atoms with Crippen LogP contribution in [0.3, 0.4) is 0 Å². The summed E-state index contributed by atoms with van der Waals surface area (Å²) in [5.74, 6) is -0.328. The third-order valence-electron chi connectivity index (χ3n) is 4.15. The topological polar surface area (TPSA) is 66.5 Å². The van der Waals surface area contributed by atoms with Gasteiger partial charge in [0.15, 0.2) is 0 Å². The number of nitrogens with one attached hydrogen (secondary N) is 1. The predicted molar refractivity (Wildman–Crippen MR) is 81.5 cm³/mol. The molecule has 1 N–H and O–H groups in total. The number of aryl methyl sites for hydroxylation is 1. The van der Waals surface area contributed by atoms with Gasteiger partial charge in [0, 0.05) is 18.8 Å².